The van der Waals surface area contributed by atoms with Gasteiger partial charge in [0.15, 0.2) is 5.13 Å². The molecule has 0 saturated carbocycles. The van der Waals surface area contributed by atoms with Gasteiger partial charge in [-0.3, -0.25) is 4.79 Å². The fourth-order valence-electron chi connectivity index (χ4n) is 2.79. The Bertz CT molecular complexity index is 609. The number of aromatic nitrogens is 2. The number of nitrogens with one attached hydrogen (secondary N) is 1. The Kier molecular flexibility index (Phi) is 4.87. The number of pyridine rings is 1. The van der Waals surface area contributed by atoms with Crippen LogP contribution in [-0.4, -0.2) is 35.5 Å². The maximum Gasteiger partial charge on any atom is 0.224 e. The minimum atomic E-state index is 0.0746. The Morgan fingerprint density at radius 1 is 1.55 bits per heavy atom. The normalized spacial score (nSPS) is 18.6. The van der Waals surface area contributed by atoms with Crippen molar-refractivity contribution in [2.24, 2.45) is 5.92 Å². The molecule has 2 aromatic heterocycles. The Morgan fingerprint density at radius 2 is 2.45 bits per heavy atom. The van der Waals surface area contributed by atoms with Gasteiger partial charge in [-0.15, -0.1) is 0 Å². The largest absolute Gasteiger partial charge is 0.356 e. The van der Waals surface area contributed by atoms with E-state index in [9.17, 15) is 4.79 Å². The molecule has 5 nitrogen and oxygen atoms in total. The molecule has 0 aliphatic carbocycles. The van der Waals surface area contributed by atoms with Crippen LogP contribution in [0.4, 0.5) is 5.13 Å². The monoisotopic (exact) mass is 318 g/mol. The number of amides is 1. The molecule has 1 aliphatic heterocycles. The van der Waals surface area contributed by atoms with Gasteiger partial charge >= 0.3 is 0 Å². The zero-order valence-corrected chi connectivity index (χ0v) is 13.7. The van der Waals surface area contributed by atoms with Crippen LogP contribution in [0.1, 0.15) is 32.6 Å². The van der Waals surface area contributed by atoms with Crippen molar-refractivity contribution in [3.8, 4) is 0 Å². The van der Waals surface area contributed by atoms with Crippen LogP contribution >= 0.6 is 11.3 Å². The second kappa shape index (κ2) is 7.05. The van der Waals surface area contributed by atoms with Crippen LogP contribution < -0.4 is 10.2 Å². The van der Waals surface area contributed by atoms with Crippen LogP contribution in [0.5, 0.6) is 0 Å². The van der Waals surface area contributed by atoms with Gasteiger partial charge in [-0.2, -0.15) is 0 Å². The number of thiazole rings is 1. The Labute approximate surface area is 134 Å². The number of carbonyl (C=O) groups excluding carboxylic acids is 1. The predicted octanol–water partition coefficient (Wildman–Crippen LogP) is 2.82. The van der Waals surface area contributed by atoms with Crippen LogP contribution in [0.25, 0.3) is 10.3 Å². The van der Waals surface area contributed by atoms with E-state index in [-0.39, 0.29) is 11.8 Å². The smallest absolute Gasteiger partial charge is 0.224 e. The molecule has 3 heterocycles. The number of nitrogens with zero attached hydrogens (tertiary/aromatic N) is 3. The van der Waals surface area contributed by atoms with Gasteiger partial charge in [0.25, 0.3) is 0 Å². The van der Waals surface area contributed by atoms with Crippen LogP contribution in [-0.2, 0) is 4.79 Å². The van der Waals surface area contributed by atoms with Gasteiger partial charge in [-0.25, -0.2) is 9.97 Å². The van der Waals surface area contributed by atoms with Crippen molar-refractivity contribution in [1.82, 2.24) is 15.3 Å². The van der Waals surface area contributed by atoms with Gasteiger partial charge in [0.2, 0.25) is 5.91 Å². The summed E-state index contributed by atoms with van der Waals surface area (Å²) in [7, 11) is 0. The molecule has 1 atom stereocenters. The highest BCUT2D eigenvalue weighted by atomic mass is 32.1. The first-order chi connectivity index (χ1) is 10.8. The average molecular weight is 318 g/mol. The lowest BCUT2D eigenvalue weighted by molar-refractivity contribution is -0.125. The standard InChI is InChI=1S/C16H22N4OS/c1-2-3-8-17-14(21)12-6-5-10-20(11-12)16-19-13-7-4-9-18-15(13)22-16/h4,7,9,12H,2-3,5-6,8,10-11H2,1H3,(H,17,21)/t12-/m1/s1. The third-order valence-corrected chi connectivity index (χ3v) is 5.09. The van der Waals surface area contributed by atoms with Crippen molar-refractivity contribution >= 4 is 32.7 Å². The molecular formula is C16H22N4OS. The third-order valence-electron chi connectivity index (χ3n) is 4.05. The lowest BCUT2D eigenvalue weighted by atomic mass is 9.97. The van der Waals surface area contributed by atoms with E-state index in [2.05, 4.69) is 27.1 Å². The maximum atomic E-state index is 12.3. The first-order valence-corrected chi connectivity index (χ1v) is 8.84. The van der Waals surface area contributed by atoms with Gasteiger partial charge in [0.05, 0.1) is 5.92 Å². The number of carbonyl (C=O) groups is 1. The molecule has 22 heavy (non-hydrogen) atoms. The molecule has 3 rings (SSSR count). The highest BCUT2D eigenvalue weighted by molar-refractivity contribution is 7.21. The molecule has 1 saturated heterocycles. The molecule has 0 unspecified atom stereocenters. The van der Waals surface area contributed by atoms with E-state index in [0.717, 1.165) is 60.8 Å². The van der Waals surface area contributed by atoms with E-state index in [4.69, 9.17) is 0 Å². The van der Waals surface area contributed by atoms with Crippen LogP contribution in [0.3, 0.4) is 0 Å². The quantitative estimate of drug-likeness (QED) is 0.861. The fourth-order valence-corrected chi connectivity index (χ4v) is 3.73. The lowest BCUT2D eigenvalue weighted by Crippen LogP contribution is -2.43. The predicted molar refractivity (Wildman–Crippen MR) is 90.3 cm³/mol. The van der Waals surface area contributed by atoms with E-state index >= 15 is 0 Å². The zero-order valence-electron chi connectivity index (χ0n) is 12.9. The highest BCUT2D eigenvalue weighted by Crippen LogP contribution is 2.30. The first-order valence-electron chi connectivity index (χ1n) is 8.02. The fraction of sp³-hybridized carbons (Fsp3) is 0.562. The lowest BCUT2D eigenvalue weighted by Gasteiger charge is -2.31. The summed E-state index contributed by atoms with van der Waals surface area (Å²) in [6, 6.07) is 3.90. The summed E-state index contributed by atoms with van der Waals surface area (Å²) in [6.07, 6.45) is 5.96. The summed E-state index contributed by atoms with van der Waals surface area (Å²) in [6.45, 7) is 4.66. The molecule has 118 valence electrons. The topological polar surface area (TPSA) is 58.1 Å². The van der Waals surface area contributed by atoms with E-state index in [1.807, 2.05) is 12.1 Å². The number of piperidine rings is 1. The molecule has 1 fully saturated rings. The van der Waals surface area contributed by atoms with E-state index in [1.54, 1.807) is 17.5 Å². The van der Waals surface area contributed by atoms with Crippen LogP contribution in [0.2, 0.25) is 0 Å². The van der Waals surface area contributed by atoms with Gasteiger partial charge in [0.1, 0.15) is 10.3 Å². The van der Waals surface area contributed by atoms with Crippen molar-refractivity contribution < 1.29 is 4.79 Å². The number of fused-ring (bicyclic) bond motifs is 1. The first kappa shape index (κ1) is 15.2. The molecule has 0 aromatic carbocycles. The van der Waals surface area contributed by atoms with Gasteiger partial charge < -0.3 is 10.2 Å². The molecule has 0 spiro atoms. The summed E-state index contributed by atoms with van der Waals surface area (Å²) < 4.78 is 0. The molecule has 1 N–H and O–H groups in total. The Morgan fingerprint density at radius 3 is 3.27 bits per heavy atom. The number of anilines is 1. The molecule has 0 bridgehead atoms. The summed E-state index contributed by atoms with van der Waals surface area (Å²) in [5, 5.41) is 4.04. The number of hydrogen-bond donors (Lipinski definition) is 1. The van der Waals surface area contributed by atoms with Crippen molar-refractivity contribution in [3.05, 3.63) is 18.3 Å². The molecule has 1 aliphatic rings. The van der Waals surface area contributed by atoms with Crippen LogP contribution in [0.15, 0.2) is 18.3 Å². The Balaban J connectivity index is 1.66. The van der Waals surface area contributed by atoms with Gasteiger partial charge in [0, 0.05) is 25.8 Å². The minimum Gasteiger partial charge on any atom is -0.356 e. The highest BCUT2D eigenvalue weighted by Gasteiger charge is 2.27. The van der Waals surface area contributed by atoms with Crippen LogP contribution in [0, 0.1) is 5.92 Å². The summed E-state index contributed by atoms with van der Waals surface area (Å²) >= 11 is 1.61. The molecule has 6 heteroatoms. The SMILES string of the molecule is CCCCNC(=O)[C@@H]1CCCN(c2nc3cccnc3s2)C1. The average Bonchev–Trinajstić information content (AvgIpc) is 2.99. The van der Waals surface area contributed by atoms with E-state index in [1.165, 1.54) is 0 Å². The number of rotatable bonds is 5. The zero-order chi connectivity index (χ0) is 15.4. The third kappa shape index (κ3) is 3.38. The number of unbranched alkanes of at least 4 members (excludes halogenated alkanes) is 1. The van der Waals surface area contributed by atoms with Crippen molar-refractivity contribution in [1.29, 1.82) is 0 Å². The Hall–Kier alpha value is -1.69. The van der Waals surface area contributed by atoms with E-state index in [0.29, 0.717) is 0 Å². The second-order valence-corrected chi connectivity index (χ2v) is 6.71. The summed E-state index contributed by atoms with van der Waals surface area (Å²) in [5.74, 6) is 0.267. The van der Waals surface area contributed by atoms with Crippen molar-refractivity contribution in [3.63, 3.8) is 0 Å². The van der Waals surface area contributed by atoms with Crippen molar-refractivity contribution in [2.45, 2.75) is 32.6 Å². The summed E-state index contributed by atoms with van der Waals surface area (Å²) in [5.41, 5.74) is 0.942. The second-order valence-electron chi connectivity index (χ2n) is 5.75. The minimum absolute atomic E-state index is 0.0746. The van der Waals surface area contributed by atoms with Crippen molar-refractivity contribution in [2.75, 3.05) is 24.5 Å². The van der Waals surface area contributed by atoms with E-state index < -0.39 is 0 Å². The molecule has 0 radical (unpaired) electrons. The molecule has 1 amide bonds. The molecule has 2 aromatic rings. The van der Waals surface area contributed by atoms with Gasteiger partial charge in [-0.1, -0.05) is 24.7 Å². The maximum absolute atomic E-state index is 12.3. The number of hydrogen-bond acceptors (Lipinski definition) is 5. The summed E-state index contributed by atoms with van der Waals surface area (Å²) in [4.78, 5) is 24.5. The van der Waals surface area contributed by atoms with Gasteiger partial charge in [-0.05, 0) is 31.4 Å². The molecular weight excluding hydrogens is 296 g/mol.